The van der Waals surface area contributed by atoms with Crippen LogP contribution in [-0.2, 0) is 9.53 Å². The Labute approximate surface area is 89.4 Å². The maximum Gasteiger partial charge on any atom is 0.311 e. The van der Waals surface area contributed by atoms with Gasteiger partial charge < -0.3 is 10.5 Å². The van der Waals surface area contributed by atoms with Gasteiger partial charge >= 0.3 is 5.97 Å². The summed E-state index contributed by atoms with van der Waals surface area (Å²) in [4.78, 5) is 14.1. The Morgan fingerprint density at radius 3 is 2.80 bits per heavy atom. The molecule has 0 heterocycles. The number of hydrogen-bond donors (Lipinski definition) is 1. The molecule has 0 fully saturated rings. The number of esters is 1. The molecule has 0 bridgehead atoms. The molecule has 0 saturated heterocycles. The fraction of sp³-hybridized carbons (Fsp3) is 0.889. The molecule has 0 aliphatic carbocycles. The number of ether oxygens (including phenoxy) is 1. The highest BCUT2D eigenvalue weighted by Gasteiger charge is 2.28. The van der Waals surface area contributed by atoms with Crippen LogP contribution in [0.3, 0.4) is 0 Å². The lowest BCUT2D eigenvalue weighted by Crippen LogP contribution is -2.28. The van der Waals surface area contributed by atoms with Crippen molar-refractivity contribution in [2.24, 2.45) is 16.3 Å². The third-order valence-corrected chi connectivity index (χ3v) is 2.03. The van der Waals surface area contributed by atoms with Gasteiger partial charge in [0.2, 0.25) is 0 Å². The molecule has 0 aromatic rings. The number of hydrogen-bond acceptors (Lipinski definition) is 4. The summed E-state index contributed by atoms with van der Waals surface area (Å²) in [6.07, 6.45) is 1.31. The van der Waals surface area contributed by atoms with Gasteiger partial charge in [-0.1, -0.05) is 5.11 Å². The van der Waals surface area contributed by atoms with E-state index in [9.17, 15) is 4.79 Å². The zero-order chi connectivity index (χ0) is 11.7. The van der Waals surface area contributed by atoms with Crippen molar-refractivity contribution in [1.29, 1.82) is 0 Å². The molecule has 0 radical (unpaired) electrons. The van der Waals surface area contributed by atoms with Gasteiger partial charge in [-0.2, -0.15) is 0 Å². The van der Waals surface area contributed by atoms with E-state index in [2.05, 4.69) is 10.0 Å². The van der Waals surface area contributed by atoms with Crippen LogP contribution in [0.1, 0.15) is 26.7 Å². The lowest BCUT2D eigenvalue weighted by molar-refractivity contribution is -0.154. The molecular formula is C9H18N4O2. The number of carbonyl (C=O) groups excluding carboxylic acids is 1. The van der Waals surface area contributed by atoms with Crippen molar-refractivity contribution in [3.05, 3.63) is 10.4 Å². The minimum atomic E-state index is -0.542. The Bertz CT molecular complexity index is 246. The summed E-state index contributed by atoms with van der Waals surface area (Å²) in [5, 5.41) is 3.40. The molecule has 0 aliphatic rings. The van der Waals surface area contributed by atoms with Gasteiger partial charge in [0, 0.05) is 18.0 Å². The highest BCUT2D eigenvalue weighted by Crippen LogP contribution is 2.23. The summed E-state index contributed by atoms with van der Waals surface area (Å²) in [6, 6.07) is 0. The van der Waals surface area contributed by atoms with E-state index in [1.807, 2.05) is 13.8 Å². The zero-order valence-corrected chi connectivity index (χ0v) is 9.27. The fourth-order valence-electron chi connectivity index (χ4n) is 1.09. The Kier molecular flexibility index (Phi) is 6.49. The number of nitrogens with zero attached hydrogens (tertiary/aromatic N) is 3. The Morgan fingerprint density at radius 2 is 2.27 bits per heavy atom. The van der Waals surface area contributed by atoms with Crippen molar-refractivity contribution in [1.82, 2.24) is 0 Å². The van der Waals surface area contributed by atoms with Crippen molar-refractivity contribution >= 4 is 5.97 Å². The molecule has 0 aromatic heterocycles. The summed E-state index contributed by atoms with van der Waals surface area (Å²) < 4.78 is 4.95. The quantitative estimate of drug-likeness (QED) is 0.229. The summed E-state index contributed by atoms with van der Waals surface area (Å²) in [5.41, 5.74) is 12.8. The third-order valence-electron chi connectivity index (χ3n) is 2.03. The first kappa shape index (κ1) is 13.7. The standard InChI is InChI=1S/C9H18N4O2/c1-9(2,4-3-6-12-13-11)8(14)15-7-5-10/h3-7,10H2,1-2H3. The van der Waals surface area contributed by atoms with Crippen molar-refractivity contribution in [2.75, 3.05) is 19.7 Å². The van der Waals surface area contributed by atoms with E-state index in [4.69, 9.17) is 16.0 Å². The normalized spacial score (nSPS) is 10.6. The van der Waals surface area contributed by atoms with Crippen LogP contribution in [0.5, 0.6) is 0 Å². The van der Waals surface area contributed by atoms with E-state index in [-0.39, 0.29) is 12.6 Å². The van der Waals surface area contributed by atoms with E-state index in [1.165, 1.54) is 0 Å². The maximum atomic E-state index is 11.5. The van der Waals surface area contributed by atoms with E-state index in [0.29, 0.717) is 25.9 Å². The predicted molar refractivity (Wildman–Crippen MR) is 57.0 cm³/mol. The molecule has 0 aromatic carbocycles. The highest BCUT2D eigenvalue weighted by atomic mass is 16.5. The molecule has 0 saturated carbocycles. The number of azide groups is 1. The second-order valence-electron chi connectivity index (χ2n) is 3.87. The molecule has 6 heteroatoms. The van der Waals surface area contributed by atoms with Crippen molar-refractivity contribution in [3.8, 4) is 0 Å². The van der Waals surface area contributed by atoms with Crippen LogP contribution in [0, 0.1) is 5.41 Å². The molecule has 2 N–H and O–H groups in total. The highest BCUT2D eigenvalue weighted by molar-refractivity contribution is 5.75. The van der Waals surface area contributed by atoms with Crippen LogP contribution < -0.4 is 5.73 Å². The molecule has 0 spiro atoms. The third kappa shape index (κ3) is 5.93. The Morgan fingerprint density at radius 1 is 1.60 bits per heavy atom. The zero-order valence-electron chi connectivity index (χ0n) is 9.27. The predicted octanol–water partition coefficient (Wildman–Crippen LogP) is 1.60. The van der Waals surface area contributed by atoms with Crippen LogP contribution in [0.2, 0.25) is 0 Å². The molecule has 6 nitrogen and oxygen atoms in total. The van der Waals surface area contributed by atoms with Crippen LogP contribution in [0.25, 0.3) is 10.4 Å². The van der Waals surface area contributed by atoms with Gasteiger partial charge in [-0.15, -0.1) is 0 Å². The van der Waals surface area contributed by atoms with Gasteiger partial charge in [-0.25, -0.2) is 0 Å². The van der Waals surface area contributed by atoms with Gasteiger partial charge in [0.25, 0.3) is 0 Å². The molecule has 15 heavy (non-hydrogen) atoms. The molecule has 0 rings (SSSR count). The SMILES string of the molecule is CC(C)(CCCN=[N+]=[N-])C(=O)OCCN. The molecule has 0 unspecified atom stereocenters. The van der Waals surface area contributed by atoms with Crippen molar-refractivity contribution < 1.29 is 9.53 Å². The average molecular weight is 214 g/mol. The van der Waals surface area contributed by atoms with Crippen molar-refractivity contribution in [2.45, 2.75) is 26.7 Å². The van der Waals surface area contributed by atoms with E-state index >= 15 is 0 Å². The molecule has 0 aliphatic heterocycles. The minimum Gasteiger partial charge on any atom is -0.464 e. The van der Waals surface area contributed by atoms with E-state index < -0.39 is 5.41 Å². The summed E-state index contributed by atoms with van der Waals surface area (Å²) in [7, 11) is 0. The minimum absolute atomic E-state index is 0.249. The monoisotopic (exact) mass is 214 g/mol. The van der Waals surface area contributed by atoms with E-state index in [1.54, 1.807) is 0 Å². The smallest absolute Gasteiger partial charge is 0.311 e. The van der Waals surface area contributed by atoms with Crippen LogP contribution in [-0.4, -0.2) is 25.7 Å². The molecule has 0 amide bonds. The molecule has 0 atom stereocenters. The average Bonchev–Trinajstić information content (AvgIpc) is 2.21. The first-order chi connectivity index (χ1) is 7.04. The summed E-state index contributed by atoms with van der Waals surface area (Å²) in [5.74, 6) is -0.256. The second-order valence-corrected chi connectivity index (χ2v) is 3.87. The van der Waals surface area contributed by atoms with Gasteiger partial charge in [-0.3, -0.25) is 4.79 Å². The summed E-state index contributed by atoms with van der Waals surface area (Å²) >= 11 is 0. The maximum absolute atomic E-state index is 11.5. The van der Waals surface area contributed by atoms with Gasteiger partial charge in [0.15, 0.2) is 0 Å². The first-order valence-electron chi connectivity index (χ1n) is 4.92. The topological polar surface area (TPSA) is 101 Å². The largest absolute Gasteiger partial charge is 0.464 e. The van der Waals surface area contributed by atoms with Crippen LogP contribution in [0.15, 0.2) is 5.11 Å². The number of carbonyl (C=O) groups is 1. The Hall–Kier alpha value is -1.26. The molecule has 86 valence electrons. The van der Waals surface area contributed by atoms with Gasteiger partial charge in [0.05, 0.1) is 5.41 Å². The van der Waals surface area contributed by atoms with Crippen LogP contribution >= 0.6 is 0 Å². The lowest BCUT2D eigenvalue weighted by Gasteiger charge is -2.21. The van der Waals surface area contributed by atoms with Crippen molar-refractivity contribution in [3.63, 3.8) is 0 Å². The van der Waals surface area contributed by atoms with E-state index in [0.717, 1.165) is 0 Å². The van der Waals surface area contributed by atoms with Gasteiger partial charge in [0.1, 0.15) is 6.61 Å². The fourth-order valence-corrected chi connectivity index (χ4v) is 1.09. The second kappa shape index (κ2) is 7.09. The summed E-state index contributed by atoms with van der Waals surface area (Å²) in [6.45, 7) is 4.60. The first-order valence-corrected chi connectivity index (χ1v) is 4.92. The van der Waals surface area contributed by atoms with Crippen LogP contribution in [0.4, 0.5) is 0 Å². The Balaban J connectivity index is 3.92. The lowest BCUT2D eigenvalue weighted by atomic mass is 9.88. The number of nitrogens with two attached hydrogens (primary N) is 1. The van der Waals surface area contributed by atoms with Gasteiger partial charge in [-0.05, 0) is 32.2 Å². The number of rotatable bonds is 7. The molecular weight excluding hydrogens is 196 g/mol.